The highest BCUT2D eigenvalue weighted by Gasteiger charge is 2.07. The van der Waals surface area contributed by atoms with Crippen LogP contribution in [0.1, 0.15) is 21.5 Å². The van der Waals surface area contributed by atoms with Crippen LogP contribution < -0.4 is 4.74 Å². The molecular formula is C22H16Cl2O2. The second kappa shape index (κ2) is 8.70. The normalized spacial score (nSPS) is 10.8. The minimum atomic E-state index is -0.170. The second-order valence-corrected chi connectivity index (χ2v) is 6.51. The molecule has 0 radical (unpaired) electrons. The minimum Gasteiger partial charge on any atom is -0.489 e. The van der Waals surface area contributed by atoms with Gasteiger partial charge in [0.1, 0.15) is 12.4 Å². The molecule has 0 fully saturated rings. The Morgan fingerprint density at radius 3 is 2.35 bits per heavy atom. The van der Waals surface area contributed by atoms with Crippen molar-refractivity contribution in [2.45, 2.75) is 6.61 Å². The summed E-state index contributed by atoms with van der Waals surface area (Å²) in [6.45, 7) is 0.517. The Morgan fingerprint density at radius 1 is 0.923 bits per heavy atom. The van der Waals surface area contributed by atoms with Crippen molar-refractivity contribution in [3.8, 4) is 5.75 Å². The lowest BCUT2D eigenvalue weighted by atomic mass is 10.1. The van der Waals surface area contributed by atoms with Crippen LogP contribution in [0.25, 0.3) is 6.08 Å². The molecule has 0 unspecified atom stereocenters. The van der Waals surface area contributed by atoms with E-state index in [2.05, 4.69) is 0 Å². The van der Waals surface area contributed by atoms with E-state index in [1.165, 1.54) is 6.08 Å². The molecule has 0 amide bonds. The number of hydrogen-bond acceptors (Lipinski definition) is 2. The maximum Gasteiger partial charge on any atom is 0.187 e. The number of benzene rings is 3. The number of ketones is 1. The van der Waals surface area contributed by atoms with Crippen molar-refractivity contribution in [1.29, 1.82) is 0 Å². The molecule has 0 spiro atoms. The Morgan fingerprint density at radius 2 is 1.65 bits per heavy atom. The summed E-state index contributed by atoms with van der Waals surface area (Å²) in [5.74, 6) is 0.606. The van der Waals surface area contributed by atoms with Crippen LogP contribution in [0.2, 0.25) is 10.0 Å². The average Bonchev–Trinajstić information content (AvgIpc) is 2.66. The lowest BCUT2D eigenvalue weighted by Crippen LogP contribution is -1.95. The van der Waals surface area contributed by atoms with Gasteiger partial charge in [0.2, 0.25) is 0 Å². The van der Waals surface area contributed by atoms with E-state index in [0.717, 1.165) is 16.9 Å². The van der Waals surface area contributed by atoms with Gasteiger partial charge in [0.25, 0.3) is 0 Å². The van der Waals surface area contributed by atoms with E-state index in [4.69, 9.17) is 27.9 Å². The van der Waals surface area contributed by atoms with Crippen LogP contribution in [0, 0.1) is 0 Å². The van der Waals surface area contributed by atoms with Gasteiger partial charge in [0.05, 0.1) is 5.02 Å². The Hall–Kier alpha value is -2.55. The van der Waals surface area contributed by atoms with E-state index < -0.39 is 0 Å². The molecule has 0 bridgehead atoms. The minimum absolute atomic E-state index is 0.170. The first-order valence-corrected chi connectivity index (χ1v) is 8.82. The van der Waals surface area contributed by atoms with Gasteiger partial charge in [-0.25, -0.2) is 0 Å². The Bertz CT molecular complexity index is 917. The molecule has 4 heteroatoms. The maximum atomic E-state index is 12.2. The maximum absolute atomic E-state index is 12.2. The van der Waals surface area contributed by atoms with Crippen LogP contribution in [-0.4, -0.2) is 5.78 Å². The molecule has 3 rings (SSSR count). The summed E-state index contributed by atoms with van der Waals surface area (Å²) in [7, 11) is 0. The third-order valence-corrected chi connectivity index (χ3v) is 4.30. The first-order valence-electron chi connectivity index (χ1n) is 8.06. The predicted octanol–water partition coefficient (Wildman–Crippen LogP) is 6.47. The van der Waals surface area contributed by atoms with Crippen molar-refractivity contribution < 1.29 is 9.53 Å². The van der Waals surface area contributed by atoms with Crippen LogP contribution >= 0.6 is 23.2 Å². The van der Waals surface area contributed by atoms with E-state index in [0.29, 0.717) is 22.2 Å². The number of halogens is 2. The largest absolute Gasteiger partial charge is 0.489 e. The zero-order valence-electron chi connectivity index (χ0n) is 13.9. The van der Waals surface area contributed by atoms with E-state index in [1.807, 2.05) is 54.6 Å². The smallest absolute Gasteiger partial charge is 0.187 e. The van der Waals surface area contributed by atoms with E-state index in [9.17, 15) is 4.79 Å². The SMILES string of the molecule is O=C(/C=C\c1ccc(OCc2ccccc2)cc1)c1ccc(Cl)cc1Cl. The summed E-state index contributed by atoms with van der Waals surface area (Å²) < 4.78 is 5.75. The Labute approximate surface area is 162 Å². The average molecular weight is 383 g/mol. The number of carbonyl (C=O) groups is 1. The summed E-state index contributed by atoms with van der Waals surface area (Å²) in [4.78, 5) is 12.2. The highest BCUT2D eigenvalue weighted by Crippen LogP contribution is 2.22. The number of carbonyl (C=O) groups excluding carboxylic acids is 1. The van der Waals surface area contributed by atoms with E-state index in [-0.39, 0.29) is 5.78 Å². The third-order valence-electron chi connectivity index (χ3n) is 3.75. The summed E-state index contributed by atoms with van der Waals surface area (Å²) >= 11 is 11.9. The van der Waals surface area contributed by atoms with Crippen LogP contribution in [0.3, 0.4) is 0 Å². The van der Waals surface area contributed by atoms with Crippen LogP contribution in [0.4, 0.5) is 0 Å². The van der Waals surface area contributed by atoms with Gasteiger partial charge in [-0.1, -0.05) is 71.7 Å². The lowest BCUT2D eigenvalue weighted by molar-refractivity contribution is 0.104. The number of rotatable bonds is 6. The van der Waals surface area contributed by atoms with Gasteiger partial charge >= 0.3 is 0 Å². The summed E-state index contributed by atoms with van der Waals surface area (Å²) in [5.41, 5.74) is 2.44. The van der Waals surface area contributed by atoms with Crippen molar-refractivity contribution in [1.82, 2.24) is 0 Å². The molecule has 0 saturated heterocycles. The topological polar surface area (TPSA) is 26.3 Å². The van der Waals surface area contributed by atoms with Gasteiger partial charge in [-0.2, -0.15) is 0 Å². The van der Waals surface area contributed by atoms with Crippen molar-refractivity contribution in [3.05, 3.63) is 106 Å². The van der Waals surface area contributed by atoms with Crippen molar-refractivity contribution in [2.75, 3.05) is 0 Å². The van der Waals surface area contributed by atoms with Gasteiger partial charge < -0.3 is 4.74 Å². The molecule has 26 heavy (non-hydrogen) atoms. The molecule has 0 aliphatic heterocycles. The van der Waals surface area contributed by atoms with Gasteiger partial charge in [0, 0.05) is 10.6 Å². The molecule has 0 N–H and O–H groups in total. The first kappa shape index (κ1) is 18.2. The molecule has 3 aromatic rings. The fourth-order valence-electron chi connectivity index (χ4n) is 2.37. The summed E-state index contributed by atoms with van der Waals surface area (Å²) in [6.07, 6.45) is 3.24. The summed E-state index contributed by atoms with van der Waals surface area (Å²) in [5, 5.41) is 0.846. The molecule has 0 saturated carbocycles. The lowest BCUT2D eigenvalue weighted by Gasteiger charge is -2.06. The van der Waals surface area contributed by atoms with Crippen LogP contribution in [0.5, 0.6) is 5.75 Å². The summed E-state index contributed by atoms with van der Waals surface area (Å²) in [6, 6.07) is 22.4. The first-order chi connectivity index (χ1) is 12.6. The molecule has 0 atom stereocenters. The van der Waals surface area contributed by atoms with Crippen molar-refractivity contribution >= 4 is 35.1 Å². The quantitative estimate of drug-likeness (QED) is 0.360. The number of ether oxygens (including phenoxy) is 1. The van der Waals surface area contributed by atoms with E-state index >= 15 is 0 Å². The van der Waals surface area contributed by atoms with Crippen molar-refractivity contribution in [3.63, 3.8) is 0 Å². The monoisotopic (exact) mass is 382 g/mol. The Kier molecular flexibility index (Phi) is 6.11. The standard InChI is InChI=1S/C22H16Cl2O2/c23-18-9-12-20(21(24)14-18)22(25)13-8-16-6-10-19(11-7-16)26-15-17-4-2-1-3-5-17/h1-14H,15H2/b13-8-. The third kappa shape index (κ3) is 4.98. The van der Waals surface area contributed by atoms with Gasteiger partial charge in [-0.15, -0.1) is 0 Å². The second-order valence-electron chi connectivity index (χ2n) is 5.67. The number of hydrogen-bond donors (Lipinski definition) is 0. The molecule has 3 aromatic carbocycles. The fourth-order valence-corrected chi connectivity index (χ4v) is 2.87. The molecule has 0 aromatic heterocycles. The molecule has 130 valence electrons. The molecule has 2 nitrogen and oxygen atoms in total. The van der Waals surface area contributed by atoms with Gasteiger partial charge in [0.15, 0.2) is 5.78 Å². The highest BCUT2D eigenvalue weighted by molar-refractivity contribution is 6.37. The van der Waals surface area contributed by atoms with E-state index in [1.54, 1.807) is 24.3 Å². The zero-order valence-corrected chi connectivity index (χ0v) is 15.4. The van der Waals surface area contributed by atoms with Gasteiger partial charge in [-0.3, -0.25) is 4.79 Å². The number of allylic oxidation sites excluding steroid dienone is 1. The zero-order chi connectivity index (χ0) is 18.4. The van der Waals surface area contributed by atoms with Crippen molar-refractivity contribution in [2.24, 2.45) is 0 Å². The molecule has 0 heterocycles. The highest BCUT2D eigenvalue weighted by atomic mass is 35.5. The fraction of sp³-hybridized carbons (Fsp3) is 0.0455. The predicted molar refractivity (Wildman–Crippen MR) is 107 cm³/mol. The molecule has 0 aliphatic carbocycles. The van der Waals surface area contributed by atoms with Crippen LogP contribution in [0.15, 0.2) is 78.9 Å². The molecular weight excluding hydrogens is 367 g/mol. The Balaban J connectivity index is 1.61. The van der Waals surface area contributed by atoms with Crippen LogP contribution in [-0.2, 0) is 6.61 Å². The molecule has 0 aliphatic rings. The van der Waals surface area contributed by atoms with Gasteiger partial charge in [-0.05, 0) is 47.5 Å².